The molecule has 2 aliphatic rings. The van der Waals surface area contributed by atoms with Crippen molar-refractivity contribution in [1.82, 2.24) is 0 Å². The fraction of sp³-hybridized carbons (Fsp3) is 0.941. The zero-order chi connectivity index (χ0) is 17.6. The molecule has 3 nitrogen and oxygen atoms in total. The number of alkyl halides is 4. The van der Waals surface area contributed by atoms with Crippen molar-refractivity contribution in [2.75, 3.05) is 0 Å². The molecule has 0 aromatic carbocycles. The predicted octanol–water partition coefficient (Wildman–Crippen LogP) is 7.74. The van der Waals surface area contributed by atoms with E-state index in [1.165, 1.54) is 38.5 Å². The van der Waals surface area contributed by atoms with Gasteiger partial charge < -0.3 is 9.47 Å². The summed E-state index contributed by atoms with van der Waals surface area (Å²) in [6, 6.07) is 0. The first-order chi connectivity index (χ1) is 11.3. The first-order valence-electron chi connectivity index (χ1n) is 8.93. The lowest BCUT2D eigenvalue weighted by atomic mass is 9.87. The van der Waals surface area contributed by atoms with Crippen molar-refractivity contribution < 1.29 is 14.3 Å². The molecule has 0 radical (unpaired) electrons. The van der Waals surface area contributed by atoms with Gasteiger partial charge in [-0.25, -0.2) is 4.79 Å². The van der Waals surface area contributed by atoms with Crippen LogP contribution in [0.1, 0.15) is 77.0 Å². The third kappa shape index (κ3) is 8.33. The average Bonchev–Trinajstić information content (AvgIpc) is 2.46. The lowest BCUT2D eigenvalue weighted by molar-refractivity contribution is 0.0154. The highest BCUT2D eigenvalue weighted by molar-refractivity contribution is 14.1. The Balaban J connectivity index is 1.77. The molecule has 24 heavy (non-hydrogen) atoms. The van der Waals surface area contributed by atoms with Gasteiger partial charge in [-0.2, -0.15) is 0 Å². The smallest absolute Gasteiger partial charge is 0.402 e. The van der Waals surface area contributed by atoms with Crippen molar-refractivity contribution >= 4 is 74.5 Å². The highest BCUT2D eigenvalue weighted by atomic mass is 127. The van der Waals surface area contributed by atoms with Crippen molar-refractivity contribution in [3.63, 3.8) is 0 Å². The molecular weight excluding hydrogens is 577 g/mol. The maximum absolute atomic E-state index is 12.1. The topological polar surface area (TPSA) is 35.5 Å². The van der Waals surface area contributed by atoms with Crippen LogP contribution in [0.25, 0.3) is 0 Å². The molecule has 2 aliphatic carbocycles. The van der Waals surface area contributed by atoms with E-state index < -0.39 is 12.3 Å². The zero-order valence-electron chi connectivity index (χ0n) is 13.9. The summed E-state index contributed by atoms with van der Waals surface area (Å²) < 4.78 is 8.63. The minimum absolute atomic E-state index is 0.517. The van der Waals surface area contributed by atoms with Crippen molar-refractivity contribution in [3.8, 4) is 0 Å². The number of hydrogen-bond donors (Lipinski definition) is 0. The van der Waals surface area contributed by atoms with Gasteiger partial charge in [0.15, 0.2) is 0 Å². The van der Waals surface area contributed by atoms with Gasteiger partial charge >= 0.3 is 6.16 Å². The first kappa shape index (κ1) is 21.6. The minimum Gasteiger partial charge on any atom is -0.402 e. The number of rotatable bonds is 6. The third-order valence-corrected chi connectivity index (χ3v) is 6.75. The van der Waals surface area contributed by atoms with Crippen LogP contribution in [0.2, 0.25) is 0 Å². The van der Waals surface area contributed by atoms with Crippen molar-refractivity contribution in [1.29, 1.82) is 0 Å². The predicted molar refractivity (Wildman–Crippen MR) is 115 cm³/mol. The van der Waals surface area contributed by atoms with E-state index in [9.17, 15) is 4.79 Å². The molecule has 0 N–H and O–H groups in total. The SMILES string of the molecule is O=C(OC(Cl)(I)CC1CCCCC1)OC(Cl)(I)CC1CCCCC1. The van der Waals surface area contributed by atoms with Gasteiger partial charge in [-0.3, -0.25) is 0 Å². The van der Waals surface area contributed by atoms with Crippen LogP contribution in [0, 0.1) is 11.8 Å². The van der Waals surface area contributed by atoms with Gasteiger partial charge in [-0.05, 0) is 57.0 Å². The molecule has 0 spiro atoms. The largest absolute Gasteiger partial charge is 0.512 e. The van der Waals surface area contributed by atoms with Gasteiger partial charge in [-0.1, -0.05) is 87.4 Å². The van der Waals surface area contributed by atoms with Gasteiger partial charge in [0, 0.05) is 12.8 Å². The molecular formula is C17H26Cl2I2O3. The first-order valence-corrected chi connectivity index (χ1v) is 11.8. The summed E-state index contributed by atoms with van der Waals surface area (Å²) in [4.78, 5) is 12.1. The molecule has 7 heteroatoms. The van der Waals surface area contributed by atoms with E-state index in [0.717, 1.165) is 25.7 Å². The molecule has 0 amide bonds. The Kier molecular flexibility index (Phi) is 9.02. The number of hydrogen-bond acceptors (Lipinski definition) is 3. The van der Waals surface area contributed by atoms with Gasteiger partial charge in [0.25, 0.3) is 0 Å². The number of halogens is 4. The van der Waals surface area contributed by atoms with E-state index in [2.05, 4.69) is 0 Å². The number of ether oxygens (including phenoxy) is 2. The van der Waals surface area contributed by atoms with Crippen LogP contribution >= 0.6 is 68.4 Å². The molecule has 0 bridgehead atoms. The Morgan fingerprint density at radius 1 is 0.792 bits per heavy atom. The summed E-state index contributed by atoms with van der Waals surface area (Å²) >= 11 is 16.8. The van der Waals surface area contributed by atoms with Crippen molar-refractivity contribution in [3.05, 3.63) is 0 Å². The van der Waals surface area contributed by atoms with Gasteiger partial charge in [0.2, 0.25) is 6.13 Å². The molecule has 140 valence electrons. The maximum atomic E-state index is 12.1. The fourth-order valence-corrected chi connectivity index (χ4v) is 5.97. The highest BCUT2D eigenvalue weighted by Crippen LogP contribution is 2.42. The number of carbonyl (C=O) groups excluding carboxylic acids is 1. The Hall–Kier alpha value is 1.31. The molecule has 0 heterocycles. The van der Waals surface area contributed by atoms with Gasteiger partial charge in [-0.15, -0.1) is 0 Å². The molecule has 2 atom stereocenters. The lowest BCUT2D eigenvalue weighted by Gasteiger charge is -2.31. The average molecular weight is 603 g/mol. The van der Waals surface area contributed by atoms with E-state index in [4.69, 9.17) is 32.7 Å². The maximum Gasteiger partial charge on any atom is 0.512 e. The standard InChI is InChI=1S/C17H26Cl2I2O3/c18-16(20,11-13-7-3-1-4-8-13)23-15(22)24-17(19,21)12-14-9-5-2-6-10-14/h13-14H,1-12H2. The van der Waals surface area contributed by atoms with Crippen LogP contribution in [-0.4, -0.2) is 12.3 Å². The van der Waals surface area contributed by atoms with Crippen LogP contribution in [0.4, 0.5) is 4.79 Å². The zero-order valence-corrected chi connectivity index (χ0v) is 19.7. The Morgan fingerprint density at radius 2 is 1.12 bits per heavy atom. The molecule has 2 fully saturated rings. The summed E-state index contributed by atoms with van der Waals surface area (Å²) in [5.41, 5.74) is 0. The van der Waals surface area contributed by atoms with Crippen LogP contribution < -0.4 is 0 Å². The van der Waals surface area contributed by atoms with E-state index >= 15 is 0 Å². The quantitative estimate of drug-likeness (QED) is 0.177. The Bertz CT molecular complexity index is 371. The molecule has 2 rings (SSSR count). The van der Waals surface area contributed by atoms with Crippen LogP contribution in [-0.2, 0) is 9.47 Å². The molecule has 0 saturated heterocycles. The summed E-state index contributed by atoms with van der Waals surface area (Å²) in [6.45, 7) is 0. The van der Waals surface area contributed by atoms with E-state index in [1.54, 1.807) is 0 Å². The van der Waals surface area contributed by atoms with Gasteiger partial charge in [0.05, 0.1) is 0 Å². The van der Waals surface area contributed by atoms with Crippen LogP contribution in [0.5, 0.6) is 0 Å². The minimum atomic E-state index is -1.05. The molecule has 2 unspecified atom stereocenters. The lowest BCUT2D eigenvalue weighted by Crippen LogP contribution is -2.31. The van der Waals surface area contributed by atoms with Crippen molar-refractivity contribution in [2.24, 2.45) is 11.8 Å². The van der Waals surface area contributed by atoms with Gasteiger partial charge in [0.1, 0.15) is 0 Å². The third-order valence-electron chi connectivity index (χ3n) is 4.97. The molecule has 0 aromatic heterocycles. The normalized spacial score (nSPS) is 25.5. The molecule has 0 aliphatic heterocycles. The Labute approximate surface area is 182 Å². The summed E-state index contributed by atoms with van der Waals surface area (Å²) in [5, 5.41) is 0. The molecule has 2 saturated carbocycles. The van der Waals surface area contributed by atoms with E-state index in [0.29, 0.717) is 24.7 Å². The second-order valence-corrected chi connectivity index (χ2v) is 13.1. The number of carbonyl (C=O) groups is 1. The van der Waals surface area contributed by atoms with E-state index in [-0.39, 0.29) is 0 Å². The fourth-order valence-electron chi connectivity index (χ4n) is 3.80. The molecule has 0 aromatic rings. The monoisotopic (exact) mass is 602 g/mol. The summed E-state index contributed by atoms with van der Waals surface area (Å²) in [6.07, 6.45) is 12.7. The summed E-state index contributed by atoms with van der Waals surface area (Å²) in [5.74, 6) is 1.03. The van der Waals surface area contributed by atoms with Crippen LogP contribution in [0.15, 0.2) is 0 Å². The summed E-state index contributed by atoms with van der Waals surface area (Å²) in [7, 11) is 0. The second-order valence-electron chi connectivity index (χ2n) is 7.15. The highest BCUT2D eigenvalue weighted by Gasteiger charge is 2.37. The van der Waals surface area contributed by atoms with E-state index in [1.807, 2.05) is 45.2 Å². The van der Waals surface area contributed by atoms with Crippen LogP contribution in [0.3, 0.4) is 0 Å². The second kappa shape index (κ2) is 10.0. The Morgan fingerprint density at radius 3 is 1.46 bits per heavy atom. The van der Waals surface area contributed by atoms with Crippen molar-refractivity contribution in [2.45, 2.75) is 83.2 Å².